The first-order chi connectivity index (χ1) is 11.6. The van der Waals surface area contributed by atoms with Crippen molar-refractivity contribution in [2.24, 2.45) is 23.7 Å². The van der Waals surface area contributed by atoms with Crippen LogP contribution in [0.5, 0.6) is 0 Å². The van der Waals surface area contributed by atoms with Gasteiger partial charge in [0.05, 0.1) is 6.10 Å². The summed E-state index contributed by atoms with van der Waals surface area (Å²) < 4.78 is 0. The van der Waals surface area contributed by atoms with Crippen LogP contribution in [0.2, 0.25) is 0 Å². The Kier molecular flexibility index (Phi) is 6.02. The summed E-state index contributed by atoms with van der Waals surface area (Å²) in [5.74, 6) is 2.80. The average molecular weight is 329 g/mol. The van der Waals surface area contributed by atoms with Crippen molar-refractivity contribution in [1.29, 1.82) is 0 Å². The Hall–Kier alpha value is -0.820. The van der Waals surface area contributed by atoms with Crippen LogP contribution in [-0.4, -0.2) is 11.2 Å². The summed E-state index contributed by atoms with van der Waals surface area (Å²) >= 11 is 0. The monoisotopic (exact) mass is 328 g/mol. The summed E-state index contributed by atoms with van der Waals surface area (Å²) in [7, 11) is 0. The van der Waals surface area contributed by atoms with Crippen molar-refractivity contribution in [2.45, 2.75) is 84.7 Å². The third-order valence-electron chi connectivity index (χ3n) is 6.92. The van der Waals surface area contributed by atoms with Crippen LogP contribution in [0.3, 0.4) is 0 Å². The Labute approximate surface area is 148 Å². The number of fused-ring (bicyclic) bond motifs is 2. The number of aliphatic hydroxyl groups is 1. The standard InChI is InChI=1S/C23H36O/c1-4-5-6-8-16(2)11-12-20-22-13-18-10-7-9-17(3)21(18)14-19(22)15-23(20)24/h7,9-10,16,19-20,22-24H,4-6,8,11-15H2,1-3H3/t16-,19-,20+,22-,23+/m0/s1. The van der Waals surface area contributed by atoms with Crippen LogP contribution in [0.25, 0.3) is 0 Å². The molecule has 0 aliphatic heterocycles. The van der Waals surface area contributed by atoms with E-state index in [-0.39, 0.29) is 6.10 Å². The third kappa shape index (κ3) is 3.87. The zero-order chi connectivity index (χ0) is 17.1. The summed E-state index contributed by atoms with van der Waals surface area (Å²) in [6, 6.07) is 6.79. The molecule has 5 atom stereocenters. The second-order valence-corrected chi connectivity index (χ2v) is 8.69. The number of rotatable bonds is 7. The summed E-state index contributed by atoms with van der Waals surface area (Å²) in [6.07, 6.45) is 11.3. The van der Waals surface area contributed by atoms with Crippen molar-refractivity contribution in [2.75, 3.05) is 0 Å². The van der Waals surface area contributed by atoms with Gasteiger partial charge in [-0.05, 0) is 73.0 Å². The summed E-state index contributed by atoms with van der Waals surface area (Å²) in [5.41, 5.74) is 4.60. The van der Waals surface area contributed by atoms with Gasteiger partial charge in [0.2, 0.25) is 0 Å². The molecule has 1 nitrogen and oxygen atoms in total. The second kappa shape index (κ2) is 8.04. The van der Waals surface area contributed by atoms with E-state index in [4.69, 9.17) is 0 Å². The van der Waals surface area contributed by atoms with Gasteiger partial charge in [-0.1, -0.05) is 64.2 Å². The number of aliphatic hydroxyl groups excluding tert-OH is 1. The van der Waals surface area contributed by atoms with Crippen LogP contribution >= 0.6 is 0 Å². The van der Waals surface area contributed by atoms with Gasteiger partial charge in [0.15, 0.2) is 0 Å². The summed E-state index contributed by atoms with van der Waals surface area (Å²) in [4.78, 5) is 0. The fraction of sp³-hybridized carbons (Fsp3) is 0.739. The molecule has 1 heteroatoms. The minimum absolute atomic E-state index is 0.0579. The molecule has 0 saturated heterocycles. The Bertz CT molecular complexity index is 535. The number of benzene rings is 1. The zero-order valence-corrected chi connectivity index (χ0v) is 15.9. The SMILES string of the molecule is CCCCC[C@H](C)CC[C@@H]1[C@H]2Cc3cccc(C)c3C[C@H]2C[C@H]1O. The molecule has 0 bridgehead atoms. The van der Waals surface area contributed by atoms with Crippen LogP contribution in [0, 0.1) is 30.6 Å². The van der Waals surface area contributed by atoms with E-state index < -0.39 is 0 Å². The van der Waals surface area contributed by atoms with Crippen LogP contribution in [0.1, 0.15) is 75.5 Å². The van der Waals surface area contributed by atoms with E-state index in [0.29, 0.717) is 11.8 Å². The minimum atomic E-state index is -0.0579. The lowest BCUT2D eigenvalue weighted by Crippen LogP contribution is -2.27. The van der Waals surface area contributed by atoms with Gasteiger partial charge in [-0.15, -0.1) is 0 Å². The Balaban J connectivity index is 1.59. The van der Waals surface area contributed by atoms with Crippen LogP contribution in [0.4, 0.5) is 0 Å². The summed E-state index contributed by atoms with van der Waals surface area (Å²) in [6.45, 7) is 6.94. The highest BCUT2D eigenvalue weighted by molar-refractivity contribution is 5.37. The molecule has 2 aliphatic carbocycles. The van der Waals surface area contributed by atoms with Crippen molar-refractivity contribution in [1.82, 2.24) is 0 Å². The van der Waals surface area contributed by atoms with E-state index in [1.807, 2.05) is 0 Å². The van der Waals surface area contributed by atoms with Gasteiger partial charge >= 0.3 is 0 Å². The van der Waals surface area contributed by atoms with Gasteiger partial charge in [0.25, 0.3) is 0 Å². The molecule has 0 aromatic heterocycles. The topological polar surface area (TPSA) is 20.2 Å². The predicted molar refractivity (Wildman–Crippen MR) is 102 cm³/mol. The van der Waals surface area contributed by atoms with Gasteiger partial charge in [-0.3, -0.25) is 0 Å². The second-order valence-electron chi connectivity index (χ2n) is 8.69. The van der Waals surface area contributed by atoms with Crippen LogP contribution in [0.15, 0.2) is 18.2 Å². The highest BCUT2D eigenvalue weighted by Crippen LogP contribution is 2.47. The lowest BCUT2D eigenvalue weighted by atomic mass is 9.72. The number of hydrogen-bond donors (Lipinski definition) is 1. The van der Waals surface area contributed by atoms with E-state index in [2.05, 4.69) is 39.0 Å². The van der Waals surface area contributed by atoms with Crippen molar-refractivity contribution in [3.63, 3.8) is 0 Å². The van der Waals surface area contributed by atoms with E-state index in [1.165, 1.54) is 56.9 Å². The minimum Gasteiger partial charge on any atom is -0.393 e. The fourth-order valence-corrected chi connectivity index (χ4v) is 5.38. The first-order valence-electron chi connectivity index (χ1n) is 10.4. The van der Waals surface area contributed by atoms with Crippen molar-refractivity contribution >= 4 is 0 Å². The molecule has 1 aromatic carbocycles. The molecule has 0 unspecified atom stereocenters. The van der Waals surface area contributed by atoms with Gasteiger partial charge in [-0.2, -0.15) is 0 Å². The molecular weight excluding hydrogens is 292 g/mol. The Morgan fingerprint density at radius 2 is 2.00 bits per heavy atom. The Morgan fingerprint density at radius 3 is 2.79 bits per heavy atom. The quantitative estimate of drug-likeness (QED) is 0.636. The van der Waals surface area contributed by atoms with E-state index in [0.717, 1.165) is 18.3 Å². The smallest absolute Gasteiger partial charge is 0.0574 e. The molecule has 134 valence electrons. The van der Waals surface area contributed by atoms with Crippen molar-refractivity contribution in [3.05, 3.63) is 34.9 Å². The maximum atomic E-state index is 10.7. The molecule has 1 aromatic rings. The number of hydrogen-bond acceptors (Lipinski definition) is 1. The molecule has 0 heterocycles. The van der Waals surface area contributed by atoms with Gasteiger partial charge in [0, 0.05) is 0 Å². The normalized spacial score (nSPS) is 30.0. The molecule has 0 amide bonds. The maximum absolute atomic E-state index is 10.7. The lowest BCUT2D eigenvalue weighted by Gasteiger charge is -2.32. The zero-order valence-electron chi connectivity index (χ0n) is 15.9. The number of aryl methyl sites for hydroxylation is 1. The first-order valence-corrected chi connectivity index (χ1v) is 10.4. The molecule has 0 spiro atoms. The lowest BCUT2D eigenvalue weighted by molar-refractivity contribution is 0.106. The van der Waals surface area contributed by atoms with Gasteiger partial charge < -0.3 is 5.11 Å². The molecular formula is C23H36O. The Morgan fingerprint density at radius 1 is 1.17 bits per heavy atom. The molecule has 2 aliphatic rings. The maximum Gasteiger partial charge on any atom is 0.0574 e. The molecule has 1 saturated carbocycles. The summed E-state index contributed by atoms with van der Waals surface area (Å²) in [5, 5.41) is 10.7. The molecule has 3 rings (SSSR count). The van der Waals surface area contributed by atoms with E-state index >= 15 is 0 Å². The van der Waals surface area contributed by atoms with E-state index in [1.54, 1.807) is 11.1 Å². The fourth-order valence-electron chi connectivity index (χ4n) is 5.38. The molecule has 1 fully saturated rings. The van der Waals surface area contributed by atoms with Gasteiger partial charge in [0.1, 0.15) is 0 Å². The van der Waals surface area contributed by atoms with Crippen LogP contribution < -0.4 is 0 Å². The highest BCUT2D eigenvalue weighted by Gasteiger charge is 2.44. The number of unbranched alkanes of at least 4 members (excludes halogenated alkanes) is 2. The predicted octanol–water partition coefficient (Wildman–Crippen LogP) is 5.70. The third-order valence-corrected chi connectivity index (χ3v) is 6.92. The van der Waals surface area contributed by atoms with Crippen LogP contribution in [-0.2, 0) is 12.8 Å². The molecule has 24 heavy (non-hydrogen) atoms. The van der Waals surface area contributed by atoms with E-state index in [9.17, 15) is 5.11 Å². The average Bonchev–Trinajstić information content (AvgIpc) is 2.86. The van der Waals surface area contributed by atoms with Gasteiger partial charge in [-0.25, -0.2) is 0 Å². The highest BCUT2D eigenvalue weighted by atomic mass is 16.3. The first kappa shape index (κ1) is 18.0. The molecule has 0 radical (unpaired) electrons. The molecule has 1 N–H and O–H groups in total. The largest absolute Gasteiger partial charge is 0.393 e. The van der Waals surface area contributed by atoms with Crippen molar-refractivity contribution < 1.29 is 5.11 Å². The van der Waals surface area contributed by atoms with Crippen molar-refractivity contribution in [3.8, 4) is 0 Å².